The van der Waals surface area contributed by atoms with Crippen LogP contribution in [0.4, 0.5) is 11.4 Å². The molecule has 1 rings (SSSR count). The molecule has 0 saturated carbocycles. The van der Waals surface area contributed by atoms with Gasteiger partial charge < -0.3 is 10.6 Å². The zero-order chi connectivity index (χ0) is 15.3. The second kappa shape index (κ2) is 6.88. The molecule has 0 aliphatic rings. The van der Waals surface area contributed by atoms with Crippen molar-refractivity contribution in [2.45, 2.75) is 33.7 Å². The number of benzene rings is 1. The Labute approximate surface area is 118 Å². The second-order valence-electron chi connectivity index (χ2n) is 5.26. The second-order valence-corrected chi connectivity index (χ2v) is 5.26. The first-order valence-corrected chi connectivity index (χ1v) is 6.60. The van der Waals surface area contributed by atoms with E-state index in [0.717, 1.165) is 0 Å². The Balaban J connectivity index is 2.70. The summed E-state index contributed by atoms with van der Waals surface area (Å²) in [6.07, 6.45) is 0. The van der Waals surface area contributed by atoms with Gasteiger partial charge in [0.1, 0.15) is 6.04 Å². The summed E-state index contributed by atoms with van der Waals surface area (Å²) in [4.78, 5) is 22.3. The van der Waals surface area contributed by atoms with Gasteiger partial charge in [-0.2, -0.15) is 0 Å². The number of carbonyl (C=O) groups excluding carboxylic acids is 1. The Hall–Kier alpha value is -2.11. The van der Waals surface area contributed by atoms with E-state index in [9.17, 15) is 14.9 Å². The Morgan fingerprint density at radius 2 is 2.00 bits per heavy atom. The molecule has 1 amide bonds. The van der Waals surface area contributed by atoms with Gasteiger partial charge in [0, 0.05) is 23.9 Å². The summed E-state index contributed by atoms with van der Waals surface area (Å²) in [7, 11) is 0. The molecule has 0 spiro atoms. The molecular formula is C14H21N3O3. The van der Waals surface area contributed by atoms with Gasteiger partial charge in [0.05, 0.1) is 4.92 Å². The summed E-state index contributed by atoms with van der Waals surface area (Å²) in [6, 6.07) is 4.39. The van der Waals surface area contributed by atoms with Gasteiger partial charge in [-0.25, -0.2) is 0 Å². The van der Waals surface area contributed by atoms with Crippen molar-refractivity contribution >= 4 is 17.3 Å². The van der Waals surface area contributed by atoms with Crippen molar-refractivity contribution in [3.63, 3.8) is 0 Å². The van der Waals surface area contributed by atoms with Crippen LogP contribution >= 0.6 is 0 Å². The number of nitrogens with one attached hydrogen (secondary N) is 2. The summed E-state index contributed by atoms with van der Waals surface area (Å²) in [5, 5.41) is 16.7. The molecule has 1 atom stereocenters. The number of aryl methyl sites for hydroxylation is 1. The van der Waals surface area contributed by atoms with E-state index in [4.69, 9.17) is 0 Å². The molecule has 0 aromatic heterocycles. The fraction of sp³-hybridized carbons (Fsp3) is 0.500. The molecule has 0 saturated heterocycles. The van der Waals surface area contributed by atoms with Crippen LogP contribution in [0.3, 0.4) is 0 Å². The van der Waals surface area contributed by atoms with Crippen molar-refractivity contribution in [1.82, 2.24) is 5.32 Å². The highest BCUT2D eigenvalue weighted by Crippen LogP contribution is 2.22. The van der Waals surface area contributed by atoms with Gasteiger partial charge in [0.25, 0.3) is 5.69 Å². The van der Waals surface area contributed by atoms with Crippen LogP contribution in [0.1, 0.15) is 26.3 Å². The summed E-state index contributed by atoms with van der Waals surface area (Å²) in [5.74, 6) is 0.258. The summed E-state index contributed by atoms with van der Waals surface area (Å²) >= 11 is 0. The maximum Gasteiger partial charge on any atom is 0.274 e. The number of nitrogens with zero attached hydrogens (tertiary/aromatic N) is 1. The molecule has 0 bridgehead atoms. The van der Waals surface area contributed by atoms with Crippen molar-refractivity contribution in [2.75, 3.05) is 11.9 Å². The minimum absolute atomic E-state index is 0.0461. The number of nitro benzene ring substituents is 1. The molecule has 20 heavy (non-hydrogen) atoms. The molecule has 110 valence electrons. The highest BCUT2D eigenvalue weighted by Gasteiger charge is 2.15. The first kappa shape index (κ1) is 15.9. The molecule has 1 aromatic rings. The number of hydrogen-bond acceptors (Lipinski definition) is 4. The standard InChI is InChI=1S/C14H21N3O3/c1-9(2)8-15-14(18)11(4)16-12-6-5-10(3)13(7-12)17(19)20/h5-7,9,11,16H,8H2,1-4H3,(H,15,18). The van der Waals surface area contributed by atoms with Gasteiger partial charge in [-0.05, 0) is 25.8 Å². The van der Waals surface area contributed by atoms with Crippen molar-refractivity contribution < 1.29 is 9.72 Å². The lowest BCUT2D eigenvalue weighted by atomic mass is 10.1. The SMILES string of the molecule is Cc1ccc(NC(C)C(=O)NCC(C)C)cc1[N+](=O)[O-]. The fourth-order valence-electron chi connectivity index (χ4n) is 1.67. The van der Waals surface area contributed by atoms with Gasteiger partial charge in [-0.3, -0.25) is 14.9 Å². The average Bonchev–Trinajstić information content (AvgIpc) is 2.37. The topological polar surface area (TPSA) is 84.3 Å². The number of nitro groups is 1. The summed E-state index contributed by atoms with van der Waals surface area (Å²) in [5.41, 5.74) is 1.21. The van der Waals surface area contributed by atoms with Gasteiger partial charge in [0.15, 0.2) is 0 Å². The third kappa shape index (κ3) is 4.53. The van der Waals surface area contributed by atoms with Crippen LogP contribution in [0.15, 0.2) is 18.2 Å². The quantitative estimate of drug-likeness (QED) is 0.619. The maximum atomic E-state index is 11.8. The molecular weight excluding hydrogens is 258 g/mol. The van der Waals surface area contributed by atoms with Crippen LogP contribution in [-0.4, -0.2) is 23.4 Å². The summed E-state index contributed by atoms with van der Waals surface area (Å²) in [6.45, 7) is 8.05. The van der Waals surface area contributed by atoms with E-state index in [-0.39, 0.29) is 11.6 Å². The number of anilines is 1. The van der Waals surface area contributed by atoms with E-state index in [2.05, 4.69) is 10.6 Å². The molecule has 0 fully saturated rings. The van der Waals surface area contributed by atoms with Gasteiger partial charge in [0.2, 0.25) is 5.91 Å². The van der Waals surface area contributed by atoms with Crippen molar-refractivity contribution in [3.8, 4) is 0 Å². The normalized spacial score (nSPS) is 12.1. The first-order valence-electron chi connectivity index (χ1n) is 6.60. The van der Waals surface area contributed by atoms with Crippen molar-refractivity contribution in [1.29, 1.82) is 0 Å². The Bertz CT molecular complexity index is 500. The largest absolute Gasteiger partial charge is 0.374 e. The molecule has 1 unspecified atom stereocenters. The van der Waals surface area contributed by atoms with Crippen LogP contribution in [0.25, 0.3) is 0 Å². The third-order valence-electron chi connectivity index (χ3n) is 2.87. The van der Waals surface area contributed by atoms with Crippen LogP contribution in [-0.2, 0) is 4.79 Å². The molecule has 0 heterocycles. The molecule has 2 N–H and O–H groups in total. The van der Waals surface area contributed by atoms with Crippen LogP contribution in [0, 0.1) is 23.0 Å². The number of amides is 1. The minimum Gasteiger partial charge on any atom is -0.374 e. The van der Waals surface area contributed by atoms with Gasteiger partial charge >= 0.3 is 0 Å². The number of rotatable bonds is 6. The van der Waals surface area contributed by atoms with E-state index >= 15 is 0 Å². The zero-order valence-corrected chi connectivity index (χ0v) is 12.3. The number of carbonyl (C=O) groups is 1. The third-order valence-corrected chi connectivity index (χ3v) is 2.87. The van der Waals surface area contributed by atoms with Crippen molar-refractivity contribution in [2.24, 2.45) is 5.92 Å². The summed E-state index contributed by atoms with van der Waals surface area (Å²) < 4.78 is 0. The Morgan fingerprint density at radius 1 is 1.35 bits per heavy atom. The number of hydrogen-bond donors (Lipinski definition) is 2. The highest BCUT2D eigenvalue weighted by atomic mass is 16.6. The van der Waals surface area contributed by atoms with Crippen LogP contribution in [0.2, 0.25) is 0 Å². The Kier molecular flexibility index (Phi) is 5.49. The smallest absolute Gasteiger partial charge is 0.274 e. The van der Waals surface area contributed by atoms with E-state index in [1.807, 2.05) is 13.8 Å². The zero-order valence-electron chi connectivity index (χ0n) is 12.3. The lowest BCUT2D eigenvalue weighted by molar-refractivity contribution is -0.385. The predicted octanol–water partition coefficient (Wildman–Crippen LogP) is 2.48. The van der Waals surface area contributed by atoms with E-state index in [1.54, 1.807) is 26.0 Å². The lowest BCUT2D eigenvalue weighted by Crippen LogP contribution is -2.39. The van der Waals surface area contributed by atoms with Crippen LogP contribution in [0.5, 0.6) is 0 Å². The van der Waals surface area contributed by atoms with Gasteiger partial charge in [-0.1, -0.05) is 19.9 Å². The molecule has 0 radical (unpaired) electrons. The fourth-order valence-corrected chi connectivity index (χ4v) is 1.67. The molecule has 0 aliphatic heterocycles. The van der Waals surface area contributed by atoms with Crippen molar-refractivity contribution in [3.05, 3.63) is 33.9 Å². The molecule has 1 aromatic carbocycles. The monoisotopic (exact) mass is 279 g/mol. The first-order chi connectivity index (χ1) is 9.31. The minimum atomic E-state index is -0.448. The van der Waals surface area contributed by atoms with Crippen LogP contribution < -0.4 is 10.6 Å². The average molecular weight is 279 g/mol. The lowest BCUT2D eigenvalue weighted by Gasteiger charge is -2.16. The van der Waals surface area contributed by atoms with E-state index < -0.39 is 11.0 Å². The molecule has 6 heteroatoms. The highest BCUT2D eigenvalue weighted by molar-refractivity contribution is 5.84. The Morgan fingerprint density at radius 3 is 2.55 bits per heavy atom. The predicted molar refractivity (Wildman–Crippen MR) is 78.8 cm³/mol. The molecule has 0 aliphatic carbocycles. The maximum absolute atomic E-state index is 11.8. The molecule has 6 nitrogen and oxygen atoms in total. The van der Waals surface area contributed by atoms with E-state index in [0.29, 0.717) is 23.7 Å². The van der Waals surface area contributed by atoms with E-state index in [1.165, 1.54) is 6.07 Å². The van der Waals surface area contributed by atoms with Gasteiger partial charge in [-0.15, -0.1) is 0 Å².